The number of ether oxygens (including phenoxy) is 2. The van der Waals surface area contributed by atoms with Gasteiger partial charge in [-0.15, -0.1) is 0 Å². The quantitative estimate of drug-likeness (QED) is 0.777. The van der Waals surface area contributed by atoms with E-state index >= 15 is 0 Å². The molecule has 0 aliphatic carbocycles. The van der Waals surface area contributed by atoms with Crippen molar-refractivity contribution in [3.05, 3.63) is 29.8 Å². The standard InChI is InChI=1S/C20H32N2O4/c1-13(2)17(22-19(24)26-20(5,6)7)12-21-18(23)15(4)25-16-10-8-14(3)9-11-16/h8-11,13,15,17H,12H2,1-7H3,(H,21,23)(H,22,24). The highest BCUT2D eigenvalue weighted by molar-refractivity contribution is 5.80. The number of aryl methyl sites for hydroxylation is 1. The highest BCUT2D eigenvalue weighted by Crippen LogP contribution is 2.13. The molecule has 1 rings (SSSR count). The zero-order chi connectivity index (χ0) is 19.9. The third kappa shape index (κ3) is 8.23. The van der Waals surface area contributed by atoms with Crippen LogP contribution < -0.4 is 15.4 Å². The predicted octanol–water partition coefficient (Wildman–Crippen LogP) is 3.43. The smallest absolute Gasteiger partial charge is 0.407 e. The number of rotatable bonds is 7. The van der Waals surface area contributed by atoms with E-state index in [2.05, 4.69) is 10.6 Å². The van der Waals surface area contributed by atoms with Crippen molar-refractivity contribution in [1.29, 1.82) is 0 Å². The number of benzene rings is 1. The van der Waals surface area contributed by atoms with Gasteiger partial charge in [0.05, 0.1) is 6.04 Å². The number of hydrogen-bond donors (Lipinski definition) is 2. The van der Waals surface area contributed by atoms with Gasteiger partial charge in [0.15, 0.2) is 6.10 Å². The number of carbonyl (C=O) groups excluding carboxylic acids is 2. The van der Waals surface area contributed by atoms with Gasteiger partial charge in [0.1, 0.15) is 11.4 Å². The Morgan fingerprint density at radius 1 is 1.08 bits per heavy atom. The predicted molar refractivity (Wildman–Crippen MR) is 102 cm³/mol. The van der Waals surface area contributed by atoms with Gasteiger partial charge in [-0.3, -0.25) is 4.79 Å². The topological polar surface area (TPSA) is 76.7 Å². The van der Waals surface area contributed by atoms with Crippen molar-refractivity contribution >= 4 is 12.0 Å². The zero-order valence-electron chi connectivity index (χ0n) is 16.9. The van der Waals surface area contributed by atoms with E-state index in [0.29, 0.717) is 12.3 Å². The van der Waals surface area contributed by atoms with Crippen LogP contribution in [0.15, 0.2) is 24.3 Å². The van der Waals surface area contributed by atoms with Crippen LogP contribution in [0.25, 0.3) is 0 Å². The third-order valence-corrected chi connectivity index (χ3v) is 3.71. The largest absolute Gasteiger partial charge is 0.481 e. The second kappa shape index (κ2) is 9.46. The highest BCUT2D eigenvalue weighted by atomic mass is 16.6. The monoisotopic (exact) mass is 364 g/mol. The van der Waals surface area contributed by atoms with Crippen LogP contribution in [-0.4, -0.2) is 36.3 Å². The molecule has 0 spiro atoms. The minimum atomic E-state index is -0.632. The molecule has 6 nitrogen and oxygen atoms in total. The molecule has 0 aliphatic rings. The van der Waals surface area contributed by atoms with Crippen LogP contribution in [0.3, 0.4) is 0 Å². The molecule has 0 aromatic heterocycles. The lowest BCUT2D eigenvalue weighted by molar-refractivity contribution is -0.127. The lowest BCUT2D eigenvalue weighted by Crippen LogP contribution is -2.49. The molecule has 26 heavy (non-hydrogen) atoms. The Hall–Kier alpha value is -2.24. The lowest BCUT2D eigenvalue weighted by Gasteiger charge is -2.26. The van der Waals surface area contributed by atoms with Crippen LogP contribution in [0.4, 0.5) is 4.79 Å². The summed E-state index contributed by atoms with van der Waals surface area (Å²) in [6.45, 7) is 13.4. The summed E-state index contributed by atoms with van der Waals surface area (Å²) in [5, 5.41) is 5.64. The number of carbonyl (C=O) groups is 2. The second-order valence-corrected chi connectivity index (χ2v) is 7.82. The summed E-state index contributed by atoms with van der Waals surface area (Å²) in [7, 11) is 0. The number of alkyl carbamates (subject to hydrolysis) is 1. The van der Waals surface area contributed by atoms with Crippen LogP contribution in [0, 0.1) is 12.8 Å². The summed E-state index contributed by atoms with van der Waals surface area (Å²) in [5.74, 6) is 0.545. The molecule has 0 fully saturated rings. The van der Waals surface area contributed by atoms with Gasteiger partial charge in [-0.2, -0.15) is 0 Å². The van der Waals surface area contributed by atoms with Gasteiger partial charge in [-0.1, -0.05) is 31.5 Å². The maximum absolute atomic E-state index is 12.3. The van der Waals surface area contributed by atoms with Crippen LogP contribution in [0.1, 0.15) is 47.1 Å². The van der Waals surface area contributed by atoms with E-state index in [4.69, 9.17) is 9.47 Å². The molecule has 1 aromatic rings. The Labute approximate surface area is 156 Å². The summed E-state index contributed by atoms with van der Waals surface area (Å²) < 4.78 is 10.9. The van der Waals surface area contributed by atoms with Gasteiger partial charge in [0.25, 0.3) is 5.91 Å². The first-order chi connectivity index (χ1) is 12.0. The van der Waals surface area contributed by atoms with Crippen molar-refractivity contribution in [2.45, 2.75) is 66.2 Å². The molecule has 6 heteroatoms. The van der Waals surface area contributed by atoms with Crippen molar-refractivity contribution < 1.29 is 19.1 Å². The summed E-state index contributed by atoms with van der Waals surface area (Å²) >= 11 is 0. The fourth-order valence-electron chi connectivity index (χ4n) is 2.14. The molecule has 146 valence electrons. The van der Waals surface area contributed by atoms with E-state index in [-0.39, 0.29) is 17.9 Å². The number of amides is 2. The average molecular weight is 364 g/mol. The first-order valence-corrected chi connectivity index (χ1v) is 8.98. The lowest BCUT2D eigenvalue weighted by atomic mass is 10.0. The van der Waals surface area contributed by atoms with E-state index in [1.807, 2.05) is 65.8 Å². The van der Waals surface area contributed by atoms with Gasteiger partial charge in [-0.05, 0) is 52.7 Å². The Morgan fingerprint density at radius 3 is 2.15 bits per heavy atom. The maximum atomic E-state index is 12.3. The fourth-order valence-corrected chi connectivity index (χ4v) is 2.14. The van der Waals surface area contributed by atoms with Crippen LogP contribution in [0.2, 0.25) is 0 Å². The number of hydrogen-bond acceptors (Lipinski definition) is 4. The molecule has 0 heterocycles. The Kier molecular flexibility index (Phi) is 7.93. The second-order valence-electron chi connectivity index (χ2n) is 7.82. The Morgan fingerprint density at radius 2 is 1.65 bits per heavy atom. The molecule has 0 saturated carbocycles. The van der Waals surface area contributed by atoms with E-state index in [1.54, 1.807) is 6.92 Å². The van der Waals surface area contributed by atoms with Crippen molar-refractivity contribution in [2.75, 3.05) is 6.54 Å². The van der Waals surface area contributed by atoms with E-state index in [1.165, 1.54) is 0 Å². The molecule has 2 unspecified atom stereocenters. The molecule has 0 bridgehead atoms. The van der Waals surface area contributed by atoms with Gasteiger partial charge in [0, 0.05) is 6.54 Å². The summed E-state index contributed by atoms with van der Waals surface area (Å²) in [6.07, 6.45) is -1.12. The van der Waals surface area contributed by atoms with Crippen molar-refractivity contribution in [3.63, 3.8) is 0 Å². The highest BCUT2D eigenvalue weighted by Gasteiger charge is 2.23. The van der Waals surface area contributed by atoms with Gasteiger partial charge >= 0.3 is 6.09 Å². The molecular weight excluding hydrogens is 332 g/mol. The molecule has 2 atom stereocenters. The molecule has 2 amide bonds. The summed E-state index contributed by atoms with van der Waals surface area (Å²) in [4.78, 5) is 24.2. The molecule has 0 aliphatic heterocycles. The van der Waals surface area contributed by atoms with Crippen LogP contribution >= 0.6 is 0 Å². The summed E-state index contributed by atoms with van der Waals surface area (Å²) in [5.41, 5.74) is 0.563. The molecule has 0 saturated heterocycles. The average Bonchev–Trinajstić information content (AvgIpc) is 2.51. The Bertz CT molecular complexity index is 591. The minimum absolute atomic E-state index is 0.135. The van der Waals surface area contributed by atoms with Crippen molar-refractivity contribution in [3.8, 4) is 5.75 Å². The molecule has 1 aromatic carbocycles. The van der Waals surface area contributed by atoms with E-state index in [0.717, 1.165) is 5.56 Å². The number of nitrogens with one attached hydrogen (secondary N) is 2. The van der Waals surface area contributed by atoms with E-state index in [9.17, 15) is 9.59 Å². The zero-order valence-corrected chi connectivity index (χ0v) is 16.9. The minimum Gasteiger partial charge on any atom is -0.481 e. The fraction of sp³-hybridized carbons (Fsp3) is 0.600. The maximum Gasteiger partial charge on any atom is 0.407 e. The van der Waals surface area contributed by atoms with Gasteiger partial charge in [-0.25, -0.2) is 4.79 Å². The molecule has 2 N–H and O–H groups in total. The summed E-state index contributed by atoms with van der Waals surface area (Å²) in [6, 6.07) is 7.29. The normalized spacial score (nSPS) is 13.7. The first-order valence-electron chi connectivity index (χ1n) is 8.98. The van der Waals surface area contributed by atoms with Crippen LogP contribution in [0.5, 0.6) is 5.75 Å². The van der Waals surface area contributed by atoms with Crippen molar-refractivity contribution in [2.24, 2.45) is 5.92 Å². The SMILES string of the molecule is Cc1ccc(OC(C)C(=O)NCC(NC(=O)OC(C)(C)C)C(C)C)cc1. The van der Waals surface area contributed by atoms with Crippen LogP contribution in [-0.2, 0) is 9.53 Å². The van der Waals surface area contributed by atoms with Gasteiger partial charge in [0.2, 0.25) is 0 Å². The first kappa shape index (κ1) is 21.8. The molecule has 0 radical (unpaired) electrons. The molecular formula is C20H32N2O4. The van der Waals surface area contributed by atoms with Crippen molar-refractivity contribution in [1.82, 2.24) is 10.6 Å². The van der Waals surface area contributed by atoms with E-state index < -0.39 is 17.8 Å². The van der Waals surface area contributed by atoms with Gasteiger partial charge < -0.3 is 20.1 Å². The third-order valence-electron chi connectivity index (χ3n) is 3.71. The Balaban J connectivity index is 2.52.